The van der Waals surface area contributed by atoms with E-state index in [9.17, 15) is 8.42 Å². The van der Waals surface area contributed by atoms with E-state index in [0.717, 1.165) is 29.8 Å². The quantitative estimate of drug-likeness (QED) is 0.355. The number of sulfonamides is 1. The van der Waals surface area contributed by atoms with Crippen molar-refractivity contribution in [2.75, 3.05) is 6.54 Å². The molecule has 0 bridgehead atoms. The Hall–Kier alpha value is -3.19. The van der Waals surface area contributed by atoms with Gasteiger partial charge in [-0.05, 0) is 65.6 Å². The van der Waals surface area contributed by atoms with Crippen LogP contribution in [-0.4, -0.2) is 15.0 Å². The molecule has 4 rings (SSSR count). The third-order valence-electron chi connectivity index (χ3n) is 5.79. The van der Waals surface area contributed by atoms with Crippen LogP contribution in [0, 0.1) is 6.92 Å². The maximum atomic E-state index is 11.4. The number of rotatable bonds is 9. The molecule has 0 heterocycles. The van der Waals surface area contributed by atoms with Crippen molar-refractivity contribution >= 4 is 20.8 Å². The lowest BCUT2D eigenvalue weighted by molar-refractivity contribution is 0.302. The lowest BCUT2D eigenvalue weighted by Gasteiger charge is -2.16. The van der Waals surface area contributed by atoms with Crippen LogP contribution in [0.3, 0.4) is 0 Å². The number of hydrogen-bond acceptors (Lipinski definition) is 4. The number of nitrogens with one attached hydrogen (secondary N) is 1. The smallest absolute Gasteiger partial charge is 0.238 e. The zero-order chi connectivity index (χ0) is 23.3. The Kier molecular flexibility index (Phi) is 7.08. The maximum absolute atomic E-state index is 11.4. The number of fused-ring (bicyclic) bond motifs is 1. The fraction of sp³-hybridized carbons (Fsp3) is 0.185. The van der Waals surface area contributed by atoms with E-state index in [0.29, 0.717) is 13.2 Å². The van der Waals surface area contributed by atoms with Gasteiger partial charge in [-0.15, -0.1) is 0 Å². The molecule has 0 atom stereocenters. The summed E-state index contributed by atoms with van der Waals surface area (Å²) >= 11 is 0. The van der Waals surface area contributed by atoms with Gasteiger partial charge in [-0.1, -0.05) is 66.7 Å². The first-order valence-electron chi connectivity index (χ1n) is 10.9. The minimum absolute atomic E-state index is 0.130. The van der Waals surface area contributed by atoms with Crippen molar-refractivity contribution in [1.29, 1.82) is 0 Å². The molecular formula is C27H28N2O3S. The fourth-order valence-electron chi connectivity index (χ4n) is 3.85. The Morgan fingerprint density at radius 3 is 2.36 bits per heavy atom. The largest absolute Gasteiger partial charge is 0.489 e. The van der Waals surface area contributed by atoms with Crippen molar-refractivity contribution < 1.29 is 13.2 Å². The first-order chi connectivity index (χ1) is 15.9. The highest BCUT2D eigenvalue weighted by molar-refractivity contribution is 7.89. The second-order valence-corrected chi connectivity index (χ2v) is 9.66. The first-order valence-corrected chi connectivity index (χ1v) is 12.5. The summed E-state index contributed by atoms with van der Waals surface area (Å²) < 4.78 is 29.1. The van der Waals surface area contributed by atoms with Crippen LogP contribution < -0.4 is 15.2 Å². The van der Waals surface area contributed by atoms with Crippen molar-refractivity contribution in [3.8, 4) is 5.75 Å². The number of ether oxygens (including phenoxy) is 1. The molecule has 3 N–H and O–H groups in total. The van der Waals surface area contributed by atoms with Crippen LogP contribution >= 0.6 is 0 Å². The molecule has 6 heteroatoms. The minimum atomic E-state index is -3.66. The van der Waals surface area contributed by atoms with E-state index in [1.807, 2.05) is 30.3 Å². The fourth-order valence-corrected chi connectivity index (χ4v) is 4.37. The van der Waals surface area contributed by atoms with Crippen LogP contribution in [0.5, 0.6) is 5.75 Å². The van der Waals surface area contributed by atoms with Gasteiger partial charge >= 0.3 is 0 Å². The van der Waals surface area contributed by atoms with Crippen molar-refractivity contribution in [3.05, 3.63) is 107 Å². The van der Waals surface area contributed by atoms with Crippen LogP contribution in [0.1, 0.15) is 22.3 Å². The number of hydrogen-bond donors (Lipinski definition) is 2. The predicted molar refractivity (Wildman–Crippen MR) is 133 cm³/mol. The Labute approximate surface area is 195 Å². The van der Waals surface area contributed by atoms with Crippen LogP contribution in [0.25, 0.3) is 10.8 Å². The summed E-state index contributed by atoms with van der Waals surface area (Å²) in [6.07, 6.45) is 0.773. The molecule has 0 aliphatic heterocycles. The Balaban J connectivity index is 1.45. The molecule has 0 unspecified atom stereocenters. The zero-order valence-corrected chi connectivity index (χ0v) is 19.4. The topological polar surface area (TPSA) is 81.4 Å². The molecule has 0 radical (unpaired) electrons. The van der Waals surface area contributed by atoms with Crippen molar-refractivity contribution in [1.82, 2.24) is 5.32 Å². The molecule has 33 heavy (non-hydrogen) atoms. The van der Waals surface area contributed by atoms with E-state index in [4.69, 9.17) is 9.88 Å². The van der Waals surface area contributed by atoms with Gasteiger partial charge in [0.15, 0.2) is 0 Å². The van der Waals surface area contributed by atoms with E-state index < -0.39 is 10.0 Å². The lowest BCUT2D eigenvalue weighted by atomic mass is 10.0. The Bertz CT molecular complexity index is 1350. The van der Waals surface area contributed by atoms with E-state index in [1.54, 1.807) is 24.3 Å². The average Bonchev–Trinajstić information content (AvgIpc) is 2.81. The minimum Gasteiger partial charge on any atom is -0.489 e. The average molecular weight is 461 g/mol. The molecule has 0 saturated heterocycles. The second kappa shape index (κ2) is 10.2. The van der Waals surface area contributed by atoms with Gasteiger partial charge in [0.05, 0.1) is 4.90 Å². The van der Waals surface area contributed by atoms with Gasteiger partial charge in [0.2, 0.25) is 10.0 Å². The summed E-state index contributed by atoms with van der Waals surface area (Å²) in [5, 5.41) is 11.0. The molecule has 0 amide bonds. The summed E-state index contributed by atoms with van der Waals surface area (Å²) in [6, 6.07) is 27.4. The highest BCUT2D eigenvalue weighted by Crippen LogP contribution is 2.29. The standard InChI is InChI=1S/C27H28N2O3S/c1-20-6-2-3-8-23(20)19-32-27-15-12-22-7-4-5-9-25(22)26(27)18-29-17-16-21-10-13-24(14-11-21)33(28,30)31/h2-15,29H,16-19H2,1H3,(H2,28,30,31). The summed E-state index contributed by atoms with van der Waals surface area (Å²) in [6.45, 7) is 4.03. The molecule has 0 aromatic heterocycles. The third-order valence-corrected chi connectivity index (χ3v) is 6.72. The summed E-state index contributed by atoms with van der Waals surface area (Å²) in [7, 11) is -3.66. The monoisotopic (exact) mass is 460 g/mol. The summed E-state index contributed by atoms with van der Waals surface area (Å²) in [4.78, 5) is 0.130. The van der Waals surface area contributed by atoms with Gasteiger partial charge < -0.3 is 10.1 Å². The molecule has 4 aromatic carbocycles. The summed E-state index contributed by atoms with van der Waals surface area (Å²) in [5.41, 5.74) is 4.56. The lowest BCUT2D eigenvalue weighted by Crippen LogP contribution is -2.18. The molecule has 0 saturated carbocycles. The van der Waals surface area contributed by atoms with Crippen LogP contribution in [0.4, 0.5) is 0 Å². The van der Waals surface area contributed by atoms with Crippen LogP contribution in [-0.2, 0) is 29.6 Å². The van der Waals surface area contributed by atoms with E-state index in [1.165, 1.54) is 21.9 Å². The molecule has 0 fully saturated rings. The van der Waals surface area contributed by atoms with Gasteiger partial charge in [0.1, 0.15) is 12.4 Å². The van der Waals surface area contributed by atoms with Crippen molar-refractivity contribution in [3.63, 3.8) is 0 Å². The molecule has 0 spiro atoms. The molecular weight excluding hydrogens is 432 g/mol. The summed E-state index contributed by atoms with van der Waals surface area (Å²) in [5.74, 6) is 0.877. The normalized spacial score (nSPS) is 11.6. The molecule has 5 nitrogen and oxygen atoms in total. The third kappa shape index (κ3) is 5.79. The second-order valence-electron chi connectivity index (χ2n) is 8.09. The van der Waals surface area contributed by atoms with E-state index in [2.05, 4.69) is 42.6 Å². The zero-order valence-electron chi connectivity index (χ0n) is 18.6. The van der Waals surface area contributed by atoms with Gasteiger partial charge in [-0.3, -0.25) is 0 Å². The maximum Gasteiger partial charge on any atom is 0.238 e. The molecule has 0 aliphatic carbocycles. The molecule has 0 aliphatic rings. The number of primary sulfonamides is 1. The Morgan fingerprint density at radius 2 is 1.61 bits per heavy atom. The molecule has 4 aromatic rings. The SMILES string of the molecule is Cc1ccccc1COc1ccc2ccccc2c1CNCCc1ccc(S(N)(=O)=O)cc1. The number of nitrogens with two attached hydrogens (primary N) is 1. The number of aryl methyl sites for hydroxylation is 1. The van der Waals surface area contributed by atoms with Crippen molar-refractivity contribution in [2.45, 2.75) is 31.4 Å². The van der Waals surface area contributed by atoms with Gasteiger partial charge in [-0.2, -0.15) is 0 Å². The Morgan fingerprint density at radius 1 is 0.879 bits per heavy atom. The van der Waals surface area contributed by atoms with Crippen LogP contribution in [0.2, 0.25) is 0 Å². The predicted octanol–water partition coefficient (Wildman–Crippen LogP) is 4.71. The van der Waals surface area contributed by atoms with Gasteiger partial charge in [0, 0.05) is 12.1 Å². The molecule has 170 valence electrons. The van der Waals surface area contributed by atoms with Crippen LogP contribution in [0.15, 0.2) is 89.8 Å². The van der Waals surface area contributed by atoms with E-state index in [-0.39, 0.29) is 4.90 Å². The first kappa shape index (κ1) is 23.0. The van der Waals surface area contributed by atoms with Gasteiger partial charge in [0.25, 0.3) is 0 Å². The highest BCUT2D eigenvalue weighted by Gasteiger charge is 2.10. The highest BCUT2D eigenvalue weighted by atomic mass is 32.2. The van der Waals surface area contributed by atoms with Crippen molar-refractivity contribution in [2.24, 2.45) is 5.14 Å². The van der Waals surface area contributed by atoms with E-state index >= 15 is 0 Å². The number of benzene rings is 4. The van der Waals surface area contributed by atoms with Gasteiger partial charge in [-0.25, -0.2) is 13.6 Å².